The van der Waals surface area contributed by atoms with Crippen molar-refractivity contribution in [3.8, 4) is 11.8 Å². The van der Waals surface area contributed by atoms with Crippen molar-refractivity contribution in [1.29, 1.82) is 5.26 Å². The van der Waals surface area contributed by atoms with Crippen LogP contribution >= 0.6 is 11.3 Å². The van der Waals surface area contributed by atoms with Crippen LogP contribution in [0.1, 0.15) is 73.5 Å². The Balaban J connectivity index is 2.33. The monoisotopic (exact) mass is 557 g/mol. The molecule has 0 saturated heterocycles. The molecule has 208 valence electrons. The summed E-state index contributed by atoms with van der Waals surface area (Å²) in [4.78, 5) is 53.5. The van der Waals surface area contributed by atoms with Gasteiger partial charge in [-0.1, -0.05) is 13.8 Å². The molecule has 9 nitrogen and oxygen atoms in total. The lowest BCUT2D eigenvalue weighted by Crippen LogP contribution is -2.44. The van der Waals surface area contributed by atoms with E-state index in [1.54, 1.807) is 6.92 Å². The lowest BCUT2D eigenvalue weighted by atomic mass is 10.0. The van der Waals surface area contributed by atoms with Crippen LogP contribution in [-0.4, -0.2) is 34.4 Å². The van der Waals surface area contributed by atoms with E-state index in [9.17, 15) is 23.6 Å². The van der Waals surface area contributed by atoms with E-state index in [2.05, 4.69) is 0 Å². The molecule has 1 aromatic carbocycles. The molecule has 0 fully saturated rings. The molecule has 39 heavy (non-hydrogen) atoms. The number of carbonyl (C=O) groups is 2. The van der Waals surface area contributed by atoms with Crippen LogP contribution in [0.3, 0.4) is 0 Å². The number of nitrogens with zero attached hydrogens (tertiary/aromatic N) is 3. The average Bonchev–Trinajstić information content (AvgIpc) is 3.22. The Bertz CT molecular complexity index is 1560. The molecule has 0 amide bonds. The number of methoxy groups -OCH3 is 1. The molecule has 2 atom stereocenters. The second kappa shape index (κ2) is 12.5. The van der Waals surface area contributed by atoms with E-state index >= 15 is 0 Å². The molecule has 2 heterocycles. The number of rotatable bonds is 12. The van der Waals surface area contributed by atoms with Crippen LogP contribution in [0.5, 0.6) is 5.75 Å². The molecule has 0 aliphatic rings. The second-order valence-corrected chi connectivity index (χ2v) is 10.8. The Labute approximate surface area is 229 Å². The summed E-state index contributed by atoms with van der Waals surface area (Å²) in [5.41, 5.74) is -0.680. The van der Waals surface area contributed by atoms with Gasteiger partial charge in [0.2, 0.25) is 0 Å². The van der Waals surface area contributed by atoms with Gasteiger partial charge in [-0.05, 0) is 50.5 Å². The summed E-state index contributed by atoms with van der Waals surface area (Å²) < 4.78 is 27.9. The van der Waals surface area contributed by atoms with Crippen molar-refractivity contribution in [2.24, 2.45) is 5.92 Å². The highest BCUT2D eigenvalue weighted by Gasteiger charge is 2.29. The first-order valence-electron chi connectivity index (χ1n) is 12.6. The highest BCUT2D eigenvalue weighted by atomic mass is 32.1. The Morgan fingerprint density at radius 2 is 1.90 bits per heavy atom. The molecule has 11 heteroatoms. The molecule has 0 saturated carbocycles. The summed E-state index contributed by atoms with van der Waals surface area (Å²) in [7, 11) is 1.41. The van der Waals surface area contributed by atoms with Gasteiger partial charge in [-0.3, -0.25) is 19.0 Å². The first-order valence-corrected chi connectivity index (χ1v) is 13.4. The van der Waals surface area contributed by atoms with E-state index in [0.29, 0.717) is 21.8 Å². The quantitative estimate of drug-likeness (QED) is 0.233. The van der Waals surface area contributed by atoms with Crippen LogP contribution in [0.4, 0.5) is 4.39 Å². The van der Waals surface area contributed by atoms with E-state index in [0.717, 1.165) is 15.9 Å². The summed E-state index contributed by atoms with van der Waals surface area (Å²) in [6.07, 6.45) is -0.737. The SMILES string of the molecule is COc1ccc(F)cc1[C@H](Cn1c(=O)n(C(C)C(=O)CC(C)C)c(=O)c2c(C)c(C(C)=O)sc21)OCCC#N. The summed E-state index contributed by atoms with van der Waals surface area (Å²) in [5.74, 6) is -0.768. The number of aromatic nitrogens is 2. The fourth-order valence-electron chi connectivity index (χ4n) is 4.53. The highest BCUT2D eigenvalue weighted by molar-refractivity contribution is 7.20. The normalized spacial score (nSPS) is 12.9. The van der Waals surface area contributed by atoms with Crippen molar-refractivity contribution in [3.05, 3.63) is 60.9 Å². The van der Waals surface area contributed by atoms with Gasteiger partial charge in [0.05, 0.1) is 49.1 Å². The Morgan fingerprint density at radius 3 is 2.49 bits per heavy atom. The topological polar surface area (TPSA) is 120 Å². The zero-order valence-corrected chi connectivity index (χ0v) is 23.7. The van der Waals surface area contributed by atoms with Gasteiger partial charge >= 0.3 is 5.69 Å². The molecule has 2 aromatic heterocycles. The van der Waals surface area contributed by atoms with Crippen LogP contribution < -0.4 is 16.0 Å². The fourth-order valence-corrected chi connectivity index (χ4v) is 5.73. The number of ketones is 2. The molecule has 3 rings (SSSR count). The molecule has 0 aliphatic carbocycles. The zero-order valence-electron chi connectivity index (χ0n) is 22.9. The van der Waals surface area contributed by atoms with Gasteiger partial charge in [0, 0.05) is 12.0 Å². The molecular formula is C28H32FN3O6S. The van der Waals surface area contributed by atoms with Gasteiger partial charge in [-0.25, -0.2) is 13.8 Å². The van der Waals surface area contributed by atoms with Crippen LogP contribution in [0.25, 0.3) is 10.2 Å². The number of aryl methyl sites for hydroxylation is 1. The van der Waals surface area contributed by atoms with Crippen LogP contribution in [0.15, 0.2) is 27.8 Å². The first-order chi connectivity index (χ1) is 18.4. The van der Waals surface area contributed by atoms with Crippen molar-refractivity contribution in [2.45, 2.75) is 66.2 Å². The smallest absolute Gasteiger partial charge is 0.332 e. The van der Waals surface area contributed by atoms with Crippen molar-refractivity contribution in [2.75, 3.05) is 13.7 Å². The Kier molecular flexibility index (Phi) is 9.59. The zero-order chi connectivity index (χ0) is 29.0. The first kappa shape index (κ1) is 29.9. The van der Waals surface area contributed by atoms with Gasteiger partial charge in [0.25, 0.3) is 5.56 Å². The van der Waals surface area contributed by atoms with Crippen molar-refractivity contribution >= 4 is 33.1 Å². The summed E-state index contributed by atoms with van der Waals surface area (Å²) >= 11 is 1.01. The summed E-state index contributed by atoms with van der Waals surface area (Å²) in [5, 5.41) is 9.19. The molecular weight excluding hydrogens is 525 g/mol. The lowest BCUT2D eigenvalue weighted by Gasteiger charge is -2.23. The van der Waals surface area contributed by atoms with Crippen LogP contribution in [0.2, 0.25) is 0 Å². The molecule has 0 spiro atoms. The predicted molar refractivity (Wildman–Crippen MR) is 146 cm³/mol. The third-order valence-electron chi connectivity index (χ3n) is 6.45. The minimum absolute atomic E-state index is 0.0101. The van der Waals surface area contributed by atoms with E-state index < -0.39 is 29.2 Å². The number of Topliss-reactive ketones (excluding diaryl/α,β-unsaturated/α-hetero) is 2. The molecule has 1 unspecified atom stereocenters. The molecule has 0 aliphatic heterocycles. The maximum Gasteiger partial charge on any atom is 0.332 e. The number of carbonyl (C=O) groups excluding carboxylic acids is 2. The molecule has 0 bridgehead atoms. The minimum atomic E-state index is -1.05. The van der Waals surface area contributed by atoms with Gasteiger partial charge in [0.1, 0.15) is 22.5 Å². The van der Waals surface area contributed by atoms with E-state index in [4.69, 9.17) is 14.7 Å². The largest absolute Gasteiger partial charge is 0.496 e. The summed E-state index contributed by atoms with van der Waals surface area (Å²) in [6.45, 7) is 8.05. The van der Waals surface area contributed by atoms with Gasteiger partial charge in [-0.15, -0.1) is 11.3 Å². The lowest BCUT2D eigenvalue weighted by molar-refractivity contribution is -0.122. The fraction of sp³-hybridized carbons (Fsp3) is 0.464. The maximum atomic E-state index is 14.3. The molecule has 0 N–H and O–H groups in total. The van der Waals surface area contributed by atoms with Crippen LogP contribution in [0, 0.1) is 30.0 Å². The highest BCUT2D eigenvalue weighted by Crippen LogP contribution is 2.33. The predicted octanol–water partition coefficient (Wildman–Crippen LogP) is 4.73. The standard InChI is InChI=1S/C28H32FN3O6S/c1-15(2)12-21(34)17(4)32-26(35)24-16(3)25(18(5)33)39-27(24)31(28(32)36)14-23(38-11-7-10-30)20-13-19(29)8-9-22(20)37-6/h8-9,13,15,17,23H,7,11-12,14H2,1-6H3/t17?,23-/m0/s1. The average molecular weight is 558 g/mol. The van der Waals surface area contributed by atoms with E-state index in [1.807, 2.05) is 19.9 Å². The number of hydrogen-bond acceptors (Lipinski definition) is 8. The van der Waals surface area contributed by atoms with Crippen molar-refractivity contribution < 1.29 is 23.5 Å². The van der Waals surface area contributed by atoms with Crippen molar-refractivity contribution in [3.63, 3.8) is 0 Å². The number of ether oxygens (including phenoxy) is 2. The van der Waals surface area contributed by atoms with Crippen LogP contribution in [-0.2, 0) is 16.1 Å². The second-order valence-electron chi connectivity index (χ2n) is 9.75. The van der Waals surface area contributed by atoms with E-state index in [-0.39, 0.29) is 53.7 Å². The number of benzene rings is 1. The molecule has 3 aromatic rings. The number of fused-ring (bicyclic) bond motifs is 1. The number of halogens is 1. The van der Waals surface area contributed by atoms with Crippen molar-refractivity contribution in [1.82, 2.24) is 9.13 Å². The van der Waals surface area contributed by atoms with Gasteiger partial charge in [-0.2, -0.15) is 5.26 Å². The minimum Gasteiger partial charge on any atom is -0.496 e. The Hall–Kier alpha value is -3.62. The summed E-state index contributed by atoms with van der Waals surface area (Å²) in [6, 6.07) is 4.82. The number of hydrogen-bond donors (Lipinski definition) is 0. The van der Waals surface area contributed by atoms with Gasteiger partial charge < -0.3 is 9.47 Å². The third kappa shape index (κ3) is 6.18. The third-order valence-corrected chi connectivity index (χ3v) is 7.86. The molecule has 0 radical (unpaired) electrons. The van der Waals surface area contributed by atoms with Gasteiger partial charge in [0.15, 0.2) is 11.6 Å². The van der Waals surface area contributed by atoms with E-state index in [1.165, 1.54) is 43.7 Å². The maximum absolute atomic E-state index is 14.3. The number of thiophene rings is 1. The Morgan fingerprint density at radius 1 is 1.21 bits per heavy atom. The number of nitriles is 1.